The molecule has 0 radical (unpaired) electrons. The van der Waals surface area contributed by atoms with Gasteiger partial charge in [-0.2, -0.15) is 5.10 Å². The zero-order chi connectivity index (χ0) is 24.2. The molecule has 0 N–H and O–H groups in total. The molecule has 0 amide bonds. The van der Waals surface area contributed by atoms with Crippen LogP contribution in [0.2, 0.25) is 0 Å². The fourth-order valence-corrected chi connectivity index (χ4v) is 5.17. The van der Waals surface area contributed by atoms with Crippen molar-refractivity contribution >= 4 is 47.1 Å². The molecule has 8 nitrogen and oxygen atoms in total. The van der Waals surface area contributed by atoms with Gasteiger partial charge < -0.3 is 4.74 Å². The third kappa shape index (κ3) is 6.56. The first-order valence-corrected chi connectivity index (χ1v) is 12.1. The number of ether oxygens (including phenoxy) is 1. The number of piperidine rings is 1. The molecule has 188 valence electrons. The molecule has 1 aliphatic heterocycles. The third-order valence-corrected chi connectivity index (χ3v) is 7.22. The van der Waals surface area contributed by atoms with E-state index in [1.807, 2.05) is 11.0 Å². The maximum atomic E-state index is 14.8. The van der Waals surface area contributed by atoms with E-state index in [0.29, 0.717) is 30.9 Å². The number of carbonyl (C=O) groups excluding carboxylic acids is 3. The van der Waals surface area contributed by atoms with Crippen molar-refractivity contribution in [2.24, 2.45) is 5.92 Å². The lowest BCUT2D eigenvalue weighted by Gasteiger charge is -2.38. The van der Waals surface area contributed by atoms with E-state index in [1.54, 1.807) is 18.2 Å². The van der Waals surface area contributed by atoms with Gasteiger partial charge in [0.05, 0.1) is 13.2 Å². The molecule has 2 aliphatic rings. The van der Waals surface area contributed by atoms with Crippen LogP contribution in [0.1, 0.15) is 43.6 Å². The van der Waals surface area contributed by atoms with Gasteiger partial charge in [0.25, 0.3) is 0 Å². The number of Topliss-reactive ketones (excluding diaryl/α,β-unsaturated/α-hetero) is 1. The molecule has 2 unspecified atom stereocenters. The van der Waals surface area contributed by atoms with Crippen molar-refractivity contribution in [2.75, 3.05) is 20.2 Å². The molecule has 11 heteroatoms. The number of ketones is 1. The van der Waals surface area contributed by atoms with Crippen LogP contribution in [-0.2, 0) is 25.7 Å². The standard InChI is InChI=1S/C24H27FN4O4S.ClH/c1-15(30)34-20-9-10-28(12-17(20)11-21-26-14-27-29(21)13-22(31)33-2)23(24(32)16-7-8-16)18-5-3-4-6-19(18)25;/h3-6,11,14,16,20,23H,7-10,12-13H2,1-2H3;1H/b17-11-;. The van der Waals surface area contributed by atoms with Crippen LogP contribution in [0.25, 0.3) is 6.08 Å². The Kier molecular flexibility index (Phi) is 9.21. The van der Waals surface area contributed by atoms with Crippen LogP contribution in [0.5, 0.6) is 0 Å². The molecule has 1 aliphatic carbocycles. The number of hydrogen-bond acceptors (Lipinski definition) is 8. The summed E-state index contributed by atoms with van der Waals surface area (Å²) in [5.74, 6) is -0.405. The summed E-state index contributed by atoms with van der Waals surface area (Å²) in [6, 6.07) is 5.73. The van der Waals surface area contributed by atoms with Crippen molar-refractivity contribution in [3.63, 3.8) is 0 Å². The molecule has 2 aromatic rings. The van der Waals surface area contributed by atoms with Crippen LogP contribution in [0.15, 0.2) is 36.2 Å². The first kappa shape index (κ1) is 27.0. The van der Waals surface area contributed by atoms with Gasteiger partial charge in [-0.15, -0.1) is 12.4 Å². The molecule has 1 aromatic heterocycles. The van der Waals surface area contributed by atoms with Crippen LogP contribution >= 0.6 is 24.2 Å². The van der Waals surface area contributed by atoms with Gasteiger partial charge >= 0.3 is 5.97 Å². The van der Waals surface area contributed by atoms with E-state index >= 15 is 0 Å². The summed E-state index contributed by atoms with van der Waals surface area (Å²) in [6.07, 6.45) is 5.44. The summed E-state index contributed by atoms with van der Waals surface area (Å²) in [4.78, 5) is 43.2. The molecular weight excluding hydrogens is 495 g/mol. The maximum absolute atomic E-state index is 14.8. The van der Waals surface area contributed by atoms with Gasteiger partial charge in [0.15, 0.2) is 16.7 Å². The summed E-state index contributed by atoms with van der Waals surface area (Å²) in [7, 11) is 1.30. The average molecular weight is 523 g/mol. The lowest BCUT2D eigenvalue weighted by molar-refractivity contribution is -0.141. The molecular formula is C24H28ClFN4O4S. The topological polar surface area (TPSA) is 94.4 Å². The SMILES string of the molecule is COC(=O)Cn1ncnc1/C=C1/CN(C(C(=O)C2CC2)c2ccccc2F)CCC1SC(C)=O.Cl. The lowest BCUT2D eigenvalue weighted by atomic mass is 9.93. The van der Waals surface area contributed by atoms with Crippen molar-refractivity contribution in [1.29, 1.82) is 0 Å². The van der Waals surface area contributed by atoms with Gasteiger partial charge in [0.1, 0.15) is 18.7 Å². The van der Waals surface area contributed by atoms with E-state index in [0.717, 1.165) is 18.4 Å². The van der Waals surface area contributed by atoms with E-state index in [9.17, 15) is 18.8 Å². The lowest BCUT2D eigenvalue weighted by Crippen LogP contribution is -2.43. The van der Waals surface area contributed by atoms with Gasteiger partial charge in [-0.05, 0) is 37.0 Å². The second-order valence-electron chi connectivity index (χ2n) is 8.53. The summed E-state index contributed by atoms with van der Waals surface area (Å²) in [6.45, 7) is 2.34. The summed E-state index contributed by atoms with van der Waals surface area (Å²) < 4.78 is 20.9. The molecule has 4 rings (SSSR count). The Hall–Kier alpha value is -2.56. The fourth-order valence-electron chi connectivity index (χ4n) is 4.26. The van der Waals surface area contributed by atoms with Gasteiger partial charge in [0.2, 0.25) is 0 Å². The van der Waals surface area contributed by atoms with E-state index in [2.05, 4.69) is 10.1 Å². The number of thioether (sulfide) groups is 1. The number of esters is 1. The highest BCUT2D eigenvalue weighted by Crippen LogP contribution is 2.40. The Morgan fingerprint density at radius 3 is 2.66 bits per heavy atom. The van der Waals surface area contributed by atoms with Gasteiger partial charge in [-0.25, -0.2) is 14.1 Å². The molecule has 2 atom stereocenters. The number of likely N-dealkylation sites (tertiary alicyclic amines) is 1. The Balaban J connectivity index is 0.00000342. The molecule has 2 heterocycles. The quantitative estimate of drug-likeness (QED) is 0.486. The van der Waals surface area contributed by atoms with Crippen molar-refractivity contribution in [2.45, 2.75) is 44.0 Å². The Morgan fingerprint density at radius 2 is 2.00 bits per heavy atom. The third-order valence-electron chi connectivity index (χ3n) is 6.07. The highest BCUT2D eigenvalue weighted by molar-refractivity contribution is 8.14. The predicted octanol–water partition coefficient (Wildman–Crippen LogP) is 3.47. The first-order chi connectivity index (χ1) is 16.4. The van der Waals surface area contributed by atoms with Crippen LogP contribution in [-0.4, -0.2) is 62.0 Å². The number of aromatic nitrogens is 3. The fraction of sp³-hybridized carbons (Fsp3) is 0.458. The van der Waals surface area contributed by atoms with Crippen molar-refractivity contribution in [3.05, 3.63) is 53.4 Å². The highest BCUT2D eigenvalue weighted by Gasteiger charge is 2.41. The summed E-state index contributed by atoms with van der Waals surface area (Å²) in [5.41, 5.74) is 1.25. The van der Waals surface area contributed by atoms with Gasteiger partial charge in [0, 0.05) is 36.7 Å². The van der Waals surface area contributed by atoms with Crippen LogP contribution in [0, 0.1) is 11.7 Å². The Morgan fingerprint density at radius 1 is 1.26 bits per heavy atom. The minimum atomic E-state index is -0.687. The molecule has 1 saturated carbocycles. The summed E-state index contributed by atoms with van der Waals surface area (Å²) >= 11 is 1.23. The smallest absolute Gasteiger partial charge is 0.327 e. The normalized spacial score (nSPS) is 20.2. The van der Waals surface area contributed by atoms with Crippen molar-refractivity contribution in [3.8, 4) is 0 Å². The number of rotatable bonds is 8. The van der Waals surface area contributed by atoms with E-state index < -0.39 is 17.8 Å². The van der Waals surface area contributed by atoms with Gasteiger partial charge in [-0.1, -0.05) is 30.0 Å². The van der Waals surface area contributed by atoms with Gasteiger partial charge in [-0.3, -0.25) is 19.3 Å². The maximum Gasteiger partial charge on any atom is 0.327 e. The largest absolute Gasteiger partial charge is 0.468 e. The molecule has 1 aromatic carbocycles. The summed E-state index contributed by atoms with van der Waals surface area (Å²) in [5, 5.41) is 3.97. The van der Waals surface area contributed by atoms with Crippen LogP contribution < -0.4 is 0 Å². The van der Waals surface area contributed by atoms with E-state index in [-0.39, 0.29) is 41.0 Å². The Bertz CT molecular complexity index is 1120. The number of nitrogens with zero attached hydrogens (tertiary/aromatic N) is 4. The van der Waals surface area contributed by atoms with Crippen molar-refractivity contribution in [1.82, 2.24) is 19.7 Å². The van der Waals surface area contributed by atoms with Crippen LogP contribution in [0.3, 0.4) is 0 Å². The highest BCUT2D eigenvalue weighted by atomic mass is 35.5. The average Bonchev–Trinajstić information content (AvgIpc) is 3.58. The van der Waals surface area contributed by atoms with E-state index in [1.165, 1.54) is 42.9 Å². The predicted molar refractivity (Wildman–Crippen MR) is 132 cm³/mol. The zero-order valence-corrected chi connectivity index (χ0v) is 21.2. The monoisotopic (exact) mass is 522 g/mol. The number of carbonyl (C=O) groups is 3. The van der Waals surface area contributed by atoms with E-state index in [4.69, 9.17) is 4.74 Å². The van der Waals surface area contributed by atoms with Crippen molar-refractivity contribution < 1.29 is 23.5 Å². The molecule has 2 fully saturated rings. The molecule has 0 spiro atoms. The molecule has 35 heavy (non-hydrogen) atoms. The Labute approximate surface area is 213 Å². The number of halogens is 2. The number of benzene rings is 1. The molecule has 1 saturated heterocycles. The second kappa shape index (κ2) is 11.9. The minimum absolute atomic E-state index is 0. The second-order valence-corrected chi connectivity index (χ2v) is 9.91. The number of hydrogen-bond donors (Lipinski definition) is 0. The minimum Gasteiger partial charge on any atom is -0.468 e. The number of methoxy groups -OCH3 is 1. The molecule has 0 bridgehead atoms. The first-order valence-electron chi connectivity index (χ1n) is 11.2. The van der Waals surface area contributed by atoms with Crippen LogP contribution in [0.4, 0.5) is 4.39 Å². The zero-order valence-electron chi connectivity index (χ0n) is 19.6.